The van der Waals surface area contributed by atoms with Gasteiger partial charge in [-0.05, 0) is 37.7 Å². The first-order chi connectivity index (χ1) is 10.1. The van der Waals surface area contributed by atoms with Crippen LogP contribution in [-0.4, -0.2) is 51.6 Å². The van der Waals surface area contributed by atoms with Gasteiger partial charge in [0.05, 0.1) is 6.10 Å². The minimum atomic E-state index is -0.274. The Balaban J connectivity index is 1.68. The first kappa shape index (κ1) is 15.8. The Labute approximate surface area is 126 Å². The molecule has 2 amide bonds. The lowest BCUT2D eigenvalue weighted by Gasteiger charge is -2.33. The number of nitrogens with zero attached hydrogens (tertiary/aromatic N) is 3. The zero-order chi connectivity index (χ0) is 15.2. The topological polar surface area (TPSA) is 70.4 Å². The van der Waals surface area contributed by atoms with Gasteiger partial charge < -0.3 is 15.3 Å². The van der Waals surface area contributed by atoms with Crippen LogP contribution in [0.5, 0.6) is 0 Å². The standard InChI is InChI=1S/C15H26N4O2/c1-12(11-19-7-3-6-17-19)10-16-15(21)18-8-4-14(5-9-18)13(2)20/h3,6-7,12-14,20H,4-5,8-11H2,1-2H3,(H,16,21). The van der Waals surface area contributed by atoms with Crippen molar-refractivity contribution in [2.75, 3.05) is 19.6 Å². The van der Waals surface area contributed by atoms with Crippen LogP contribution in [0.1, 0.15) is 26.7 Å². The number of hydrogen-bond acceptors (Lipinski definition) is 3. The third-order valence-corrected chi connectivity index (χ3v) is 4.17. The number of nitrogens with one attached hydrogen (secondary N) is 1. The number of aromatic nitrogens is 2. The first-order valence-electron chi connectivity index (χ1n) is 7.74. The molecule has 1 saturated heterocycles. The van der Waals surface area contributed by atoms with Gasteiger partial charge in [-0.1, -0.05) is 6.92 Å². The van der Waals surface area contributed by atoms with Gasteiger partial charge in [-0.15, -0.1) is 0 Å². The van der Waals surface area contributed by atoms with E-state index in [2.05, 4.69) is 17.3 Å². The molecule has 0 saturated carbocycles. The Morgan fingerprint density at radius 2 is 2.14 bits per heavy atom. The highest BCUT2D eigenvalue weighted by Crippen LogP contribution is 2.20. The maximum Gasteiger partial charge on any atom is 0.317 e. The van der Waals surface area contributed by atoms with Crippen LogP contribution < -0.4 is 5.32 Å². The molecule has 2 atom stereocenters. The van der Waals surface area contributed by atoms with Crippen molar-refractivity contribution in [2.45, 2.75) is 39.3 Å². The van der Waals surface area contributed by atoms with Crippen molar-refractivity contribution in [3.05, 3.63) is 18.5 Å². The first-order valence-corrected chi connectivity index (χ1v) is 7.74. The van der Waals surface area contributed by atoms with Crippen molar-refractivity contribution in [1.82, 2.24) is 20.0 Å². The monoisotopic (exact) mass is 294 g/mol. The van der Waals surface area contributed by atoms with E-state index in [0.29, 0.717) is 18.4 Å². The highest BCUT2D eigenvalue weighted by molar-refractivity contribution is 5.74. The van der Waals surface area contributed by atoms with Crippen molar-refractivity contribution in [2.24, 2.45) is 11.8 Å². The van der Waals surface area contributed by atoms with E-state index in [1.165, 1.54) is 0 Å². The van der Waals surface area contributed by atoms with E-state index < -0.39 is 0 Å². The summed E-state index contributed by atoms with van der Waals surface area (Å²) in [6.07, 6.45) is 5.18. The zero-order valence-electron chi connectivity index (χ0n) is 12.9. The fourth-order valence-electron chi connectivity index (χ4n) is 2.75. The molecule has 1 aliphatic heterocycles. The SMILES string of the molecule is CC(CNC(=O)N1CCC(C(C)O)CC1)Cn1cccn1. The second-order valence-electron chi connectivity index (χ2n) is 6.08. The molecule has 0 bridgehead atoms. The van der Waals surface area contributed by atoms with Crippen LogP contribution in [0.25, 0.3) is 0 Å². The summed E-state index contributed by atoms with van der Waals surface area (Å²) in [4.78, 5) is 14.0. The number of rotatable bonds is 5. The van der Waals surface area contributed by atoms with Crippen molar-refractivity contribution in [1.29, 1.82) is 0 Å². The van der Waals surface area contributed by atoms with Gasteiger partial charge in [0.1, 0.15) is 0 Å². The van der Waals surface area contributed by atoms with Gasteiger partial charge >= 0.3 is 6.03 Å². The van der Waals surface area contributed by atoms with E-state index in [9.17, 15) is 9.90 Å². The number of aliphatic hydroxyl groups excluding tert-OH is 1. The number of aliphatic hydroxyl groups is 1. The molecule has 2 rings (SSSR count). The molecule has 1 aromatic rings. The second kappa shape index (κ2) is 7.45. The van der Waals surface area contributed by atoms with Crippen LogP contribution in [0.4, 0.5) is 4.79 Å². The number of piperidine rings is 1. The molecule has 0 aromatic carbocycles. The summed E-state index contributed by atoms with van der Waals surface area (Å²) in [6.45, 7) is 6.84. The molecule has 2 N–H and O–H groups in total. The van der Waals surface area contributed by atoms with Crippen molar-refractivity contribution >= 4 is 6.03 Å². The lowest BCUT2D eigenvalue weighted by atomic mass is 9.92. The van der Waals surface area contributed by atoms with Gasteiger partial charge in [0, 0.05) is 38.6 Å². The highest BCUT2D eigenvalue weighted by Gasteiger charge is 2.25. The van der Waals surface area contributed by atoms with Crippen molar-refractivity contribution < 1.29 is 9.90 Å². The second-order valence-corrected chi connectivity index (χ2v) is 6.08. The van der Waals surface area contributed by atoms with E-state index in [0.717, 1.165) is 32.5 Å². The number of amides is 2. The third kappa shape index (κ3) is 4.74. The Kier molecular flexibility index (Phi) is 5.61. The molecule has 2 unspecified atom stereocenters. The highest BCUT2D eigenvalue weighted by atomic mass is 16.3. The van der Waals surface area contributed by atoms with Crippen LogP contribution >= 0.6 is 0 Å². The van der Waals surface area contributed by atoms with Gasteiger partial charge in [-0.25, -0.2) is 4.79 Å². The van der Waals surface area contributed by atoms with Crippen LogP contribution in [0, 0.1) is 11.8 Å². The Morgan fingerprint density at radius 1 is 1.43 bits per heavy atom. The molecule has 21 heavy (non-hydrogen) atoms. The van der Waals surface area contributed by atoms with E-state index in [-0.39, 0.29) is 12.1 Å². The summed E-state index contributed by atoms with van der Waals surface area (Å²) < 4.78 is 1.88. The third-order valence-electron chi connectivity index (χ3n) is 4.17. The molecule has 0 radical (unpaired) electrons. The molecule has 2 heterocycles. The van der Waals surface area contributed by atoms with E-state index in [1.54, 1.807) is 6.20 Å². The maximum atomic E-state index is 12.1. The van der Waals surface area contributed by atoms with E-state index in [1.807, 2.05) is 28.8 Å². The summed E-state index contributed by atoms with van der Waals surface area (Å²) in [5.74, 6) is 0.664. The number of hydrogen-bond donors (Lipinski definition) is 2. The molecule has 118 valence electrons. The van der Waals surface area contributed by atoms with Gasteiger partial charge in [-0.3, -0.25) is 4.68 Å². The fraction of sp³-hybridized carbons (Fsp3) is 0.733. The number of likely N-dealkylation sites (tertiary alicyclic amines) is 1. The number of urea groups is 1. The van der Waals surface area contributed by atoms with Crippen LogP contribution in [0.15, 0.2) is 18.5 Å². The minimum Gasteiger partial charge on any atom is -0.393 e. The summed E-state index contributed by atoms with van der Waals surface area (Å²) in [5, 5.41) is 16.7. The molecule has 6 nitrogen and oxygen atoms in total. The van der Waals surface area contributed by atoms with Crippen molar-refractivity contribution in [3.63, 3.8) is 0 Å². The number of carbonyl (C=O) groups is 1. The Hall–Kier alpha value is -1.56. The summed E-state index contributed by atoms with van der Waals surface area (Å²) in [6, 6.07) is 1.91. The van der Waals surface area contributed by atoms with Gasteiger partial charge in [0.15, 0.2) is 0 Å². The summed E-state index contributed by atoms with van der Waals surface area (Å²) in [7, 11) is 0. The molecule has 6 heteroatoms. The largest absolute Gasteiger partial charge is 0.393 e. The van der Waals surface area contributed by atoms with Gasteiger partial charge in [0.2, 0.25) is 0 Å². The lowest BCUT2D eigenvalue weighted by molar-refractivity contribution is 0.0796. The average Bonchev–Trinajstić information content (AvgIpc) is 2.97. The van der Waals surface area contributed by atoms with Crippen LogP contribution in [0.3, 0.4) is 0 Å². The minimum absolute atomic E-state index is 0.00589. The Morgan fingerprint density at radius 3 is 2.71 bits per heavy atom. The predicted molar refractivity (Wildman–Crippen MR) is 80.8 cm³/mol. The van der Waals surface area contributed by atoms with Gasteiger partial charge in [0.25, 0.3) is 0 Å². The molecule has 0 spiro atoms. The molecule has 1 aliphatic rings. The van der Waals surface area contributed by atoms with E-state index >= 15 is 0 Å². The normalized spacial score (nSPS) is 19.3. The van der Waals surface area contributed by atoms with Crippen LogP contribution in [0.2, 0.25) is 0 Å². The smallest absolute Gasteiger partial charge is 0.317 e. The zero-order valence-corrected chi connectivity index (χ0v) is 12.9. The van der Waals surface area contributed by atoms with Gasteiger partial charge in [-0.2, -0.15) is 5.10 Å². The number of carbonyl (C=O) groups excluding carboxylic acids is 1. The summed E-state index contributed by atoms with van der Waals surface area (Å²) >= 11 is 0. The van der Waals surface area contributed by atoms with E-state index in [4.69, 9.17) is 0 Å². The molecule has 0 aliphatic carbocycles. The predicted octanol–water partition coefficient (Wildman–Crippen LogP) is 1.32. The van der Waals surface area contributed by atoms with Crippen LogP contribution in [-0.2, 0) is 6.54 Å². The lowest BCUT2D eigenvalue weighted by Crippen LogP contribution is -2.46. The average molecular weight is 294 g/mol. The maximum absolute atomic E-state index is 12.1. The molecular formula is C15H26N4O2. The summed E-state index contributed by atoms with van der Waals surface area (Å²) in [5.41, 5.74) is 0. The Bertz CT molecular complexity index is 425. The molecule has 1 fully saturated rings. The molecular weight excluding hydrogens is 268 g/mol. The quantitative estimate of drug-likeness (QED) is 0.860. The van der Waals surface area contributed by atoms with Crippen molar-refractivity contribution in [3.8, 4) is 0 Å². The molecule has 1 aromatic heterocycles. The fourth-order valence-corrected chi connectivity index (χ4v) is 2.75.